The summed E-state index contributed by atoms with van der Waals surface area (Å²) in [4.78, 5) is 14.7. The summed E-state index contributed by atoms with van der Waals surface area (Å²) in [6, 6.07) is 0.0160. The second-order valence-corrected chi connectivity index (χ2v) is 6.57. The predicted molar refractivity (Wildman–Crippen MR) is 80.3 cm³/mol. The minimum Gasteiger partial charge on any atom is -0.380 e. The molecule has 2 aliphatic rings. The Bertz CT molecular complexity index is 314. The van der Waals surface area contributed by atoms with Gasteiger partial charge in [-0.3, -0.25) is 10.1 Å². The number of carbonyl (C=O) groups is 1. The number of carbonyl (C=O) groups excluding carboxylic acids is 1. The topological polar surface area (TPSA) is 41.6 Å². The van der Waals surface area contributed by atoms with Crippen LogP contribution in [0, 0.1) is 11.8 Å². The number of rotatable bonds is 7. The third-order valence-electron chi connectivity index (χ3n) is 4.52. The first kappa shape index (κ1) is 15.8. The molecule has 4 nitrogen and oxygen atoms in total. The lowest BCUT2D eigenvalue weighted by molar-refractivity contribution is -0.131. The van der Waals surface area contributed by atoms with Gasteiger partial charge in [-0.25, -0.2) is 0 Å². The van der Waals surface area contributed by atoms with Crippen LogP contribution in [0.15, 0.2) is 0 Å². The zero-order valence-corrected chi connectivity index (χ0v) is 13.2. The van der Waals surface area contributed by atoms with Crippen molar-refractivity contribution >= 4 is 5.91 Å². The quantitative estimate of drug-likeness (QED) is 0.729. The first-order valence-electron chi connectivity index (χ1n) is 8.27. The average Bonchev–Trinajstić information content (AvgIpc) is 3.01. The molecular formula is C16H30N2O2. The highest BCUT2D eigenvalue weighted by atomic mass is 16.5. The van der Waals surface area contributed by atoms with Crippen LogP contribution in [-0.4, -0.2) is 42.8 Å². The fraction of sp³-hybridized carbons (Fsp3) is 0.938. The first-order chi connectivity index (χ1) is 9.63. The van der Waals surface area contributed by atoms with Gasteiger partial charge in [0.2, 0.25) is 5.91 Å². The number of nitrogens with zero attached hydrogens (tertiary/aromatic N) is 1. The van der Waals surface area contributed by atoms with Crippen molar-refractivity contribution in [3.8, 4) is 0 Å². The van der Waals surface area contributed by atoms with E-state index in [2.05, 4.69) is 24.1 Å². The fourth-order valence-electron chi connectivity index (χ4n) is 3.57. The maximum Gasteiger partial charge on any atom is 0.241 e. The van der Waals surface area contributed by atoms with E-state index in [1.165, 1.54) is 25.7 Å². The van der Waals surface area contributed by atoms with Crippen molar-refractivity contribution in [2.75, 3.05) is 19.8 Å². The highest BCUT2D eigenvalue weighted by Gasteiger charge is 2.42. The minimum absolute atomic E-state index is 0.0160. The van der Waals surface area contributed by atoms with E-state index < -0.39 is 0 Å². The van der Waals surface area contributed by atoms with E-state index >= 15 is 0 Å². The van der Waals surface area contributed by atoms with E-state index in [4.69, 9.17) is 4.74 Å². The van der Waals surface area contributed by atoms with Crippen LogP contribution in [0.2, 0.25) is 0 Å². The molecule has 1 N–H and O–H groups in total. The van der Waals surface area contributed by atoms with Gasteiger partial charge in [-0.1, -0.05) is 26.7 Å². The molecule has 2 atom stereocenters. The van der Waals surface area contributed by atoms with E-state index in [1.807, 2.05) is 6.92 Å². The normalized spacial score (nSPS) is 28.0. The molecule has 0 aromatic rings. The number of amides is 1. The number of nitrogens with one attached hydrogen (secondary N) is 1. The molecule has 1 aliphatic carbocycles. The second-order valence-electron chi connectivity index (χ2n) is 6.57. The van der Waals surface area contributed by atoms with Crippen molar-refractivity contribution in [1.82, 2.24) is 10.2 Å². The summed E-state index contributed by atoms with van der Waals surface area (Å²) in [5.41, 5.74) is 0. The lowest BCUT2D eigenvalue weighted by atomic mass is 10.0. The molecule has 0 aromatic heterocycles. The summed E-state index contributed by atoms with van der Waals surface area (Å²) in [5, 5.41) is 3.61. The van der Waals surface area contributed by atoms with E-state index in [-0.39, 0.29) is 18.1 Å². The molecule has 2 rings (SSSR count). The van der Waals surface area contributed by atoms with Crippen LogP contribution in [0.4, 0.5) is 0 Å². The van der Waals surface area contributed by atoms with Gasteiger partial charge in [-0.05, 0) is 38.0 Å². The molecule has 0 spiro atoms. The van der Waals surface area contributed by atoms with Gasteiger partial charge < -0.3 is 9.64 Å². The van der Waals surface area contributed by atoms with Crippen molar-refractivity contribution in [2.45, 2.75) is 65.1 Å². The van der Waals surface area contributed by atoms with Gasteiger partial charge in [0.1, 0.15) is 0 Å². The van der Waals surface area contributed by atoms with Crippen LogP contribution in [0.1, 0.15) is 52.9 Å². The Labute approximate surface area is 123 Å². The summed E-state index contributed by atoms with van der Waals surface area (Å²) in [7, 11) is 0. The molecule has 20 heavy (non-hydrogen) atoms. The molecule has 1 aliphatic heterocycles. The highest BCUT2D eigenvalue weighted by molar-refractivity contribution is 5.84. The van der Waals surface area contributed by atoms with Gasteiger partial charge in [-0.15, -0.1) is 0 Å². The van der Waals surface area contributed by atoms with Gasteiger partial charge in [-0.2, -0.15) is 0 Å². The van der Waals surface area contributed by atoms with Crippen molar-refractivity contribution < 1.29 is 9.53 Å². The fourth-order valence-corrected chi connectivity index (χ4v) is 3.57. The smallest absolute Gasteiger partial charge is 0.241 e. The third kappa shape index (κ3) is 3.73. The molecule has 1 saturated heterocycles. The summed E-state index contributed by atoms with van der Waals surface area (Å²) < 4.78 is 5.45. The SMILES string of the molecule is CCOCCN1C(=O)C(CC(C)C)NC1C1CCCC1. The highest BCUT2D eigenvalue weighted by Crippen LogP contribution is 2.32. The molecule has 0 aromatic carbocycles. The molecule has 1 amide bonds. The molecule has 1 heterocycles. The van der Waals surface area contributed by atoms with Crippen molar-refractivity contribution in [2.24, 2.45) is 11.8 Å². The van der Waals surface area contributed by atoms with Gasteiger partial charge in [0.15, 0.2) is 0 Å². The summed E-state index contributed by atoms with van der Waals surface area (Å²) in [6.45, 7) is 8.47. The monoisotopic (exact) mass is 282 g/mol. The number of hydrogen-bond donors (Lipinski definition) is 1. The van der Waals surface area contributed by atoms with Gasteiger partial charge >= 0.3 is 0 Å². The lowest BCUT2D eigenvalue weighted by Crippen LogP contribution is -2.44. The average molecular weight is 282 g/mol. The van der Waals surface area contributed by atoms with Crippen LogP contribution in [0.5, 0.6) is 0 Å². The van der Waals surface area contributed by atoms with Gasteiger partial charge in [0.25, 0.3) is 0 Å². The summed E-state index contributed by atoms with van der Waals surface area (Å²) in [5.74, 6) is 1.47. The van der Waals surface area contributed by atoms with Crippen LogP contribution in [0.25, 0.3) is 0 Å². The lowest BCUT2D eigenvalue weighted by Gasteiger charge is -2.28. The van der Waals surface area contributed by atoms with Crippen molar-refractivity contribution in [1.29, 1.82) is 0 Å². The Morgan fingerprint density at radius 3 is 2.65 bits per heavy atom. The van der Waals surface area contributed by atoms with Crippen molar-refractivity contribution in [3.63, 3.8) is 0 Å². The summed E-state index contributed by atoms with van der Waals surface area (Å²) >= 11 is 0. The Morgan fingerprint density at radius 1 is 1.35 bits per heavy atom. The van der Waals surface area contributed by atoms with E-state index in [0.717, 1.165) is 19.6 Å². The number of hydrogen-bond acceptors (Lipinski definition) is 3. The second kappa shape index (κ2) is 7.41. The van der Waals surface area contributed by atoms with Crippen LogP contribution >= 0.6 is 0 Å². The molecule has 116 valence electrons. The van der Waals surface area contributed by atoms with Gasteiger partial charge in [0, 0.05) is 13.2 Å². The third-order valence-corrected chi connectivity index (χ3v) is 4.52. The zero-order chi connectivity index (χ0) is 14.5. The first-order valence-corrected chi connectivity index (χ1v) is 8.27. The van der Waals surface area contributed by atoms with E-state index in [1.54, 1.807) is 0 Å². The number of ether oxygens (including phenoxy) is 1. The van der Waals surface area contributed by atoms with Crippen LogP contribution < -0.4 is 5.32 Å². The molecule has 1 saturated carbocycles. The van der Waals surface area contributed by atoms with Crippen LogP contribution in [-0.2, 0) is 9.53 Å². The van der Waals surface area contributed by atoms with E-state index in [0.29, 0.717) is 18.4 Å². The maximum atomic E-state index is 12.6. The Balaban J connectivity index is 1.99. The minimum atomic E-state index is 0.0160. The van der Waals surface area contributed by atoms with Crippen molar-refractivity contribution in [3.05, 3.63) is 0 Å². The predicted octanol–water partition coefficient (Wildman–Crippen LogP) is 2.39. The standard InChI is InChI=1S/C16H30N2O2/c1-4-20-10-9-18-15(13-7-5-6-8-13)17-14(16(18)19)11-12(2)3/h12-15,17H,4-11H2,1-3H3. The Hall–Kier alpha value is -0.610. The molecule has 4 heteroatoms. The molecule has 2 unspecified atom stereocenters. The molecular weight excluding hydrogens is 252 g/mol. The molecule has 2 fully saturated rings. The largest absolute Gasteiger partial charge is 0.380 e. The van der Waals surface area contributed by atoms with Crippen LogP contribution in [0.3, 0.4) is 0 Å². The Morgan fingerprint density at radius 2 is 2.05 bits per heavy atom. The van der Waals surface area contributed by atoms with Gasteiger partial charge in [0.05, 0.1) is 18.8 Å². The molecule has 0 radical (unpaired) electrons. The molecule has 0 bridgehead atoms. The summed E-state index contributed by atoms with van der Waals surface area (Å²) in [6.07, 6.45) is 6.31. The Kier molecular flexibility index (Phi) is 5.85. The van der Waals surface area contributed by atoms with E-state index in [9.17, 15) is 4.79 Å². The zero-order valence-electron chi connectivity index (χ0n) is 13.2. The maximum absolute atomic E-state index is 12.6.